The first-order valence-electron chi connectivity index (χ1n) is 6.36. The first-order chi connectivity index (χ1) is 9.08. The molecule has 1 unspecified atom stereocenters. The van der Waals surface area contributed by atoms with E-state index in [0.29, 0.717) is 13.1 Å². The lowest BCUT2D eigenvalue weighted by Gasteiger charge is -2.25. The topological polar surface area (TPSA) is 55.6 Å². The maximum Gasteiger partial charge on any atom is 0.242 e. The van der Waals surface area contributed by atoms with Gasteiger partial charge in [-0.15, -0.1) is 0 Å². The fourth-order valence-electron chi connectivity index (χ4n) is 1.83. The highest BCUT2D eigenvalue weighted by Crippen LogP contribution is 2.08. The summed E-state index contributed by atoms with van der Waals surface area (Å²) >= 11 is 0. The summed E-state index contributed by atoms with van der Waals surface area (Å²) in [7, 11) is 1.51. The lowest BCUT2D eigenvalue weighted by Crippen LogP contribution is -2.46. The molecular formula is C14H21FN2O2. The highest BCUT2D eigenvalue weighted by molar-refractivity contribution is 5.81. The lowest BCUT2D eigenvalue weighted by molar-refractivity contribution is -0.134. The van der Waals surface area contributed by atoms with Crippen molar-refractivity contribution in [1.29, 1.82) is 0 Å². The molecule has 1 rings (SSSR count). The molecule has 0 aromatic heterocycles. The summed E-state index contributed by atoms with van der Waals surface area (Å²) < 4.78 is 17.7. The van der Waals surface area contributed by atoms with E-state index in [4.69, 9.17) is 10.5 Å². The number of rotatable bonds is 7. The Morgan fingerprint density at radius 2 is 2.05 bits per heavy atom. The van der Waals surface area contributed by atoms with Gasteiger partial charge in [-0.1, -0.05) is 19.1 Å². The van der Waals surface area contributed by atoms with Gasteiger partial charge < -0.3 is 15.4 Å². The molecule has 4 nitrogen and oxygen atoms in total. The molecule has 0 aliphatic rings. The van der Waals surface area contributed by atoms with Crippen LogP contribution in [0.3, 0.4) is 0 Å². The molecule has 2 N–H and O–H groups in total. The largest absolute Gasteiger partial charge is 0.383 e. The van der Waals surface area contributed by atoms with Crippen molar-refractivity contribution in [2.24, 2.45) is 5.73 Å². The van der Waals surface area contributed by atoms with Crippen LogP contribution in [0.1, 0.15) is 18.9 Å². The summed E-state index contributed by atoms with van der Waals surface area (Å²) in [6.07, 6.45) is 0.840. The number of hydrogen-bond acceptors (Lipinski definition) is 3. The molecule has 0 fully saturated rings. The minimum Gasteiger partial charge on any atom is -0.383 e. The van der Waals surface area contributed by atoms with Gasteiger partial charge in [-0.25, -0.2) is 4.39 Å². The van der Waals surface area contributed by atoms with Gasteiger partial charge in [-0.3, -0.25) is 4.79 Å². The summed E-state index contributed by atoms with van der Waals surface area (Å²) in [5, 5.41) is 0. The molecule has 1 atom stereocenters. The monoisotopic (exact) mass is 268 g/mol. The van der Waals surface area contributed by atoms with Gasteiger partial charge in [0.25, 0.3) is 0 Å². The van der Waals surface area contributed by atoms with Crippen LogP contribution < -0.4 is 5.73 Å². The van der Waals surface area contributed by atoms with Gasteiger partial charge in [0, 0.05) is 20.2 Å². The van der Waals surface area contributed by atoms with Crippen molar-refractivity contribution in [2.75, 3.05) is 20.3 Å². The third-order valence-corrected chi connectivity index (χ3v) is 2.76. The van der Waals surface area contributed by atoms with E-state index in [2.05, 4.69) is 0 Å². The first-order valence-corrected chi connectivity index (χ1v) is 6.36. The summed E-state index contributed by atoms with van der Waals surface area (Å²) in [5.41, 5.74) is 6.64. The fraction of sp³-hybridized carbons (Fsp3) is 0.500. The van der Waals surface area contributed by atoms with Crippen LogP contribution in [0.15, 0.2) is 24.3 Å². The third-order valence-electron chi connectivity index (χ3n) is 2.76. The number of nitrogens with two attached hydrogens (primary N) is 1. The molecular weight excluding hydrogens is 247 g/mol. The first kappa shape index (κ1) is 15.6. The van der Waals surface area contributed by atoms with Gasteiger partial charge >= 0.3 is 0 Å². The molecule has 0 heterocycles. The van der Waals surface area contributed by atoms with Crippen molar-refractivity contribution >= 4 is 5.91 Å². The molecule has 1 aromatic rings. The van der Waals surface area contributed by atoms with Crippen molar-refractivity contribution < 1.29 is 13.9 Å². The second kappa shape index (κ2) is 7.86. The van der Waals surface area contributed by atoms with E-state index >= 15 is 0 Å². The predicted octanol–water partition coefficient (Wildman–Crippen LogP) is 1.54. The van der Waals surface area contributed by atoms with Gasteiger partial charge in [0.2, 0.25) is 5.91 Å². The number of ether oxygens (including phenoxy) is 1. The van der Waals surface area contributed by atoms with Gasteiger partial charge in [0.05, 0.1) is 6.61 Å². The molecule has 1 aromatic carbocycles. The van der Waals surface area contributed by atoms with E-state index in [9.17, 15) is 9.18 Å². The van der Waals surface area contributed by atoms with Gasteiger partial charge in [0.1, 0.15) is 11.9 Å². The Morgan fingerprint density at radius 1 is 1.42 bits per heavy atom. The number of carbonyl (C=O) groups is 1. The lowest BCUT2D eigenvalue weighted by atomic mass is 10.2. The summed E-state index contributed by atoms with van der Waals surface area (Å²) in [6, 6.07) is 5.47. The summed E-state index contributed by atoms with van der Waals surface area (Å²) in [6.45, 7) is 3.24. The van der Waals surface area contributed by atoms with Crippen LogP contribution in [0.5, 0.6) is 0 Å². The van der Waals surface area contributed by atoms with Crippen LogP contribution in [0, 0.1) is 5.82 Å². The average molecular weight is 268 g/mol. The third kappa shape index (κ3) is 4.96. The summed E-state index contributed by atoms with van der Waals surface area (Å²) in [4.78, 5) is 13.8. The number of carbonyl (C=O) groups excluding carboxylic acids is 1. The van der Waals surface area contributed by atoms with Gasteiger partial charge in [-0.05, 0) is 24.1 Å². The van der Waals surface area contributed by atoms with E-state index in [1.54, 1.807) is 17.0 Å². The SMILES string of the molecule is CCCN(Cc1ccc(F)cc1)C(=O)C(N)COC. The number of amides is 1. The molecule has 0 aliphatic carbocycles. The molecule has 0 spiro atoms. The number of halogens is 1. The predicted molar refractivity (Wildman–Crippen MR) is 72.0 cm³/mol. The Bertz CT molecular complexity index is 395. The van der Waals surface area contributed by atoms with Crippen LogP contribution in [-0.4, -0.2) is 37.1 Å². The van der Waals surface area contributed by atoms with Crippen molar-refractivity contribution in [3.8, 4) is 0 Å². The maximum absolute atomic E-state index is 12.8. The molecule has 19 heavy (non-hydrogen) atoms. The van der Waals surface area contributed by atoms with Crippen molar-refractivity contribution in [3.05, 3.63) is 35.6 Å². The smallest absolute Gasteiger partial charge is 0.242 e. The number of methoxy groups -OCH3 is 1. The fourth-order valence-corrected chi connectivity index (χ4v) is 1.83. The zero-order valence-corrected chi connectivity index (χ0v) is 11.4. The molecule has 5 heteroatoms. The summed E-state index contributed by atoms with van der Waals surface area (Å²) in [5.74, 6) is -0.429. The Hall–Kier alpha value is -1.46. The van der Waals surface area contributed by atoms with Crippen LogP contribution >= 0.6 is 0 Å². The second-order valence-electron chi connectivity index (χ2n) is 4.45. The normalized spacial score (nSPS) is 12.2. The Morgan fingerprint density at radius 3 is 2.58 bits per heavy atom. The minimum absolute atomic E-state index is 0.145. The minimum atomic E-state index is -0.656. The molecule has 0 saturated carbocycles. The average Bonchev–Trinajstić information content (AvgIpc) is 2.40. The maximum atomic E-state index is 12.8. The highest BCUT2D eigenvalue weighted by Gasteiger charge is 2.20. The Kier molecular flexibility index (Phi) is 6.45. The van der Waals surface area contributed by atoms with Crippen molar-refractivity contribution in [1.82, 2.24) is 4.90 Å². The van der Waals surface area contributed by atoms with Gasteiger partial charge in [-0.2, -0.15) is 0 Å². The van der Waals surface area contributed by atoms with Crippen molar-refractivity contribution in [2.45, 2.75) is 25.9 Å². The number of nitrogens with zero attached hydrogens (tertiary/aromatic N) is 1. The second-order valence-corrected chi connectivity index (χ2v) is 4.45. The van der Waals surface area contributed by atoms with E-state index < -0.39 is 6.04 Å². The van der Waals surface area contributed by atoms with Crippen LogP contribution in [0.4, 0.5) is 4.39 Å². The van der Waals surface area contributed by atoms with Crippen LogP contribution in [-0.2, 0) is 16.1 Å². The number of hydrogen-bond donors (Lipinski definition) is 1. The Balaban J connectivity index is 2.71. The standard InChI is InChI=1S/C14H21FN2O2/c1-3-8-17(14(18)13(16)10-19-2)9-11-4-6-12(15)7-5-11/h4-7,13H,3,8-10,16H2,1-2H3. The molecule has 0 saturated heterocycles. The van der Waals surface area contributed by atoms with Crippen molar-refractivity contribution in [3.63, 3.8) is 0 Å². The number of benzene rings is 1. The molecule has 1 amide bonds. The van der Waals surface area contributed by atoms with E-state index in [1.165, 1.54) is 19.2 Å². The Labute approximate surface area is 113 Å². The zero-order valence-electron chi connectivity index (χ0n) is 11.4. The molecule has 0 aliphatic heterocycles. The van der Waals surface area contributed by atoms with E-state index in [0.717, 1.165) is 12.0 Å². The van der Waals surface area contributed by atoms with E-state index in [-0.39, 0.29) is 18.3 Å². The quantitative estimate of drug-likeness (QED) is 0.816. The molecule has 106 valence electrons. The molecule has 0 bridgehead atoms. The molecule has 0 radical (unpaired) electrons. The highest BCUT2D eigenvalue weighted by atomic mass is 19.1. The van der Waals surface area contributed by atoms with Crippen LogP contribution in [0.2, 0.25) is 0 Å². The zero-order chi connectivity index (χ0) is 14.3. The van der Waals surface area contributed by atoms with Crippen LogP contribution in [0.25, 0.3) is 0 Å². The van der Waals surface area contributed by atoms with E-state index in [1.807, 2.05) is 6.92 Å². The van der Waals surface area contributed by atoms with Gasteiger partial charge in [0.15, 0.2) is 0 Å².